The van der Waals surface area contributed by atoms with Crippen LogP contribution in [0.4, 0.5) is 4.79 Å². The average molecular weight is 414 g/mol. The third-order valence-corrected chi connectivity index (χ3v) is 7.32. The van der Waals surface area contributed by atoms with E-state index in [2.05, 4.69) is 10.6 Å². The van der Waals surface area contributed by atoms with Crippen molar-refractivity contribution in [2.24, 2.45) is 17.8 Å². The molecule has 1 aliphatic heterocycles. The van der Waals surface area contributed by atoms with E-state index in [0.717, 1.165) is 54.1 Å². The van der Waals surface area contributed by atoms with Crippen LogP contribution in [-0.2, 0) is 11.3 Å². The first-order chi connectivity index (χ1) is 14.5. The second kappa shape index (κ2) is 7.67. The zero-order valence-corrected chi connectivity index (χ0v) is 17.6. The first kappa shape index (κ1) is 19.5. The minimum absolute atomic E-state index is 0.00100. The van der Waals surface area contributed by atoms with Gasteiger partial charge in [-0.15, -0.1) is 0 Å². The minimum atomic E-state index is -0.122. The van der Waals surface area contributed by atoms with Gasteiger partial charge < -0.3 is 25.0 Å². The first-order valence-corrected chi connectivity index (χ1v) is 11.2. The molecule has 7 nitrogen and oxygen atoms in total. The van der Waals surface area contributed by atoms with Gasteiger partial charge >= 0.3 is 6.03 Å². The van der Waals surface area contributed by atoms with Crippen LogP contribution >= 0.6 is 0 Å². The Labute approximate surface area is 177 Å². The Bertz CT molecular complexity index is 804. The summed E-state index contributed by atoms with van der Waals surface area (Å²) in [5.74, 6) is 3.84. The van der Waals surface area contributed by atoms with Crippen molar-refractivity contribution in [3.8, 4) is 11.5 Å². The Balaban J connectivity index is 1.06. The highest BCUT2D eigenvalue weighted by molar-refractivity contribution is 5.78. The maximum Gasteiger partial charge on any atom is 0.315 e. The minimum Gasteiger partial charge on any atom is -0.454 e. The molecule has 4 fully saturated rings. The molecule has 1 aromatic rings. The zero-order chi connectivity index (χ0) is 20.7. The summed E-state index contributed by atoms with van der Waals surface area (Å²) >= 11 is 0. The highest BCUT2D eigenvalue weighted by atomic mass is 16.7. The van der Waals surface area contributed by atoms with Crippen molar-refractivity contribution >= 4 is 11.9 Å². The predicted molar refractivity (Wildman–Crippen MR) is 111 cm³/mol. The molecule has 0 atom stereocenters. The second-order valence-electron chi connectivity index (χ2n) is 9.77. The fourth-order valence-electron chi connectivity index (χ4n) is 6.42. The standard InChI is InChI=1S/C23H31N3O4/c1-26(13-15-2-3-19-20(9-15)30-14-29-19)21(27)4-5-24-22(28)25-23-10-16-6-17(11-23)8-18(7-16)12-23/h2-3,9,16-18H,4-8,10-14H2,1H3,(H2,24,25,28). The Kier molecular flexibility index (Phi) is 4.99. The summed E-state index contributed by atoms with van der Waals surface area (Å²) in [5.41, 5.74) is 0.988. The van der Waals surface area contributed by atoms with Crippen molar-refractivity contribution in [2.75, 3.05) is 20.4 Å². The molecule has 1 aromatic carbocycles. The van der Waals surface area contributed by atoms with Gasteiger partial charge in [0, 0.05) is 32.1 Å². The van der Waals surface area contributed by atoms with Crippen LogP contribution in [0.15, 0.2) is 18.2 Å². The number of rotatable bonds is 6. The number of ether oxygens (including phenoxy) is 2. The van der Waals surface area contributed by atoms with Gasteiger partial charge in [-0.25, -0.2) is 4.79 Å². The molecule has 162 valence electrons. The van der Waals surface area contributed by atoms with Crippen LogP contribution in [0.3, 0.4) is 0 Å². The molecule has 5 aliphatic rings. The van der Waals surface area contributed by atoms with E-state index in [0.29, 0.717) is 13.1 Å². The summed E-state index contributed by atoms with van der Waals surface area (Å²) in [7, 11) is 1.78. The maximum absolute atomic E-state index is 12.5. The number of carbonyl (C=O) groups excluding carboxylic acids is 2. The number of carbonyl (C=O) groups is 2. The number of benzene rings is 1. The topological polar surface area (TPSA) is 79.9 Å². The Morgan fingerprint density at radius 2 is 1.73 bits per heavy atom. The van der Waals surface area contributed by atoms with Crippen LogP contribution in [-0.4, -0.2) is 42.8 Å². The van der Waals surface area contributed by atoms with E-state index in [1.807, 2.05) is 18.2 Å². The van der Waals surface area contributed by atoms with Crippen LogP contribution < -0.4 is 20.1 Å². The quantitative estimate of drug-likeness (QED) is 0.751. The molecule has 0 unspecified atom stereocenters. The first-order valence-electron chi connectivity index (χ1n) is 11.2. The van der Waals surface area contributed by atoms with Gasteiger partial charge in [-0.1, -0.05) is 6.07 Å². The van der Waals surface area contributed by atoms with E-state index >= 15 is 0 Å². The molecule has 1 heterocycles. The van der Waals surface area contributed by atoms with E-state index in [4.69, 9.17) is 9.47 Å². The van der Waals surface area contributed by atoms with Crippen molar-refractivity contribution in [1.82, 2.24) is 15.5 Å². The number of hydrogen-bond donors (Lipinski definition) is 2. The van der Waals surface area contributed by atoms with Gasteiger partial charge in [0.05, 0.1) is 0 Å². The third-order valence-electron chi connectivity index (χ3n) is 7.32. The molecular weight excluding hydrogens is 382 g/mol. The van der Waals surface area contributed by atoms with E-state index < -0.39 is 0 Å². The lowest BCUT2D eigenvalue weighted by molar-refractivity contribution is -0.130. The van der Waals surface area contributed by atoms with Crippen molar-refractivity contribution < 1.29 is 19.1 Å². The van der Waals surface area contributed by atoms with Crippen molar-refractivity contribution in [2.45, 2.75) is 57.0 Å². The van der Waals surface area contributed by atoms with Gasteiger partial charge in [0.1, 0.15) is 0 Å². The number of nitrogens with zero attached hydrogens (tertiary/aromatic N) is 1. The van der Waals surface area contributed by atoms with E-state index in [1.165, 1.54) is 19.3 Å². The second-order valence-corrected chi connectivity index (χ2v) is 9.77. The molecular formula is C23H31N3O4. The molecule has 30 heavy (non-hydrogen) atoms. The molecule has 0 saturated heterocycles. The average Bonchev–Trinajstić information content (AvgIpc) is 3.14. The monoisotopic (exact) mass is 413 g/mol. The number of nitrogens with one attached hydrogen (secondary N) is 2. The predicted octanol–water partition coefficient (Wildman–Crippen LogP) is 3.03. The van der Waals surface area contributed by atoms with Crippen molar-refractivity contribution in [3.05, 3.63) is 23.8 Å². The molecule has 3 amide bonds. The van der Waals surface area contributed by atoms with E-state index in [9.17, 15) is 9.59 Å². The van der Waals surface area contributed by atoms with Crippen molar-refractivity contribution in [1.29, 1.82) is 0 Å². The lowest BCUT2D eigenvalue weighted by atomic mass is 9.53. The molecule has 0 spiro atoms. The number of fused-ring (bicyclic) bond motifs is 1. The fourth-order valence-corrected chi connectivity index (χ4v) is 6.42. The van der Waals surface area contributed by atoms with Gasteiger partial charge in [0.25, 0.3) is 0 Å². The Morgan fingerprint density at radius 1 is 1.07 bits per heavy atom. The summed E-state index contributed by atoms with van der Waals surface area (Å²) in [6, 6.07) is 5.59. The molecule has 2 N–H and O–H groups in total. The summed E-state index contributed by atoms with van der Waals surface area (Å²) in [5, 5.41) is 6.20. The lowest BCUT2D eigenvalue weighted by Crippen LogP contribution is -2.61. The smallest absolute Gasteiger partial charge is 0.315 e. The summed E-state index contributed by atoms with van der Waals surface area (Å²) in [6.45, 7) is 1.09. The fraction of sp³-hybridized carbons (Fsp3) is 0.652. The SMILES string of the molecule is CN(Cc1ccc2c(c1)OCO2)C(=O)CCNC(=O)NC12CC3CC(CC(C3)C1)C2. The van der Waals surface area contributed by atoms with Gasteiger partial charge in [-0.05, 0) is 74.0 Å². The molecule has 4 aliphatic carbocycles. The highest BCUT2D eigenvalue weighted by Gasteiger charge is 2.51. The van der Waals surface area contributed by atoms with Gasteiger partial charge in [-0.3, -0.25) is 4.79 Å². The van der Waals surface area contributed by atoms with Gasteiger partial charge in [-0.2, -0.15) is 0 Å². The van der Waals surface area contributed by atoms with E-state index in [1.54, 1.807) is 11.9 Å². The van der Waals surface area contributed by atoms with Crippen LogP contribution in [0.25, 0.3) is 0 Å². The van der Waals surface area contributed by atoms with Crippen LogP contribution in [0, 0.1) is 17.8 Å². The molecule has 7 heteroatoms. The molecule has 0 radical (unpaired) electrons. The maximum atomic E-state index is 12.5. The molecule has 0 aromatic heterocycles. The Hall–Kier alpha value is -2.44. The van der Waals surface area contributed by atoms with E-state index in [-0.39, 0.29) is 30.7 Å². The number of hydrogen-bond acceptors (Lipinski definition) is 4. The van der Waals surface area contributed by atoms with Crippen LogP contribution in [0.1, 0.15) is 50.5 Å². The summed E-state index contributed by atoms with van der Waals surface area (Å²) in [6.07, 6.45) is 7.73. The van der Waals surface area contributed by atoms with Crippen LogP contribution in [0.2, 0.25) is 0 Å². The zero-order valence-electron chi connectivity index (χ0n) is 17.6. The largest absolute Gasteiger partial charge is 0.454 e. The molecule has 4 saturated carbocycles. The molecule has 4 bridgehead atoms. The number of urea groups is 1. The summed E-state index contributed by atoms with van der Waals surface area (Å²) < 4.78 is 10.7. The lowest BCUT2D eigenvalue weighted by Gasteiger charge is -2.56. The summed E-state index contributed by atoms with van der Waals surface area (Å²) in [4.78, 5) is 26.7. The third kappa shape index (κ3) is 3.94. The van der Waals surface area contributed by atoms with Crippen molar-refractivity contribution in [3.63, 3.8) is 0 Å². The Morgan fingerprint density at radius 3 is 2.43 bits per heavy atom. The molecule has 6 rings (SSSR count). The highest BCUT2D eigenvalue weighted by Crippen LogP contribution is 2.55. The van der Waals surface area contributed by atoms with Gasteiger partial charge in [0.2, 0.25) is 12.7 Å². The van der Waals surface area contributed by atoms with Crippen LogP contribution in [0.5, 0.6) is 11.5 Å². The number of amides is 3. The van der Waals surface area contributed by atoms with Gasteiger partial charge in [0.15, 0.2) is 11.5 Å². The normalized spacial score (nSPS) is 30.2.